The molecule has 0 aliphatic rings. The first kappa shape index (κ1) is 13.4. The van der Waals surface area contributed by atoms with Crippen LogP contribution in [0.1, 0.15) is 16.1 Å². The van der Waals surface area contributed by atoms with Crippen molar-refractivity contribution in [1.82, 2.24) is 4.98 Å². The van der Waals surface area contributed by atoms with Crippen LogP contribution in [0.15, 0.2) is 17.2 Å². The van der Waals surface area contributed by atoms with Crippen LogP contribution in [-0.4, -0.2) is 24.5 Å². The summed E-state index contributed by atoms with van der Waals surface area (Å²) in [5.74, 6) is -1.74. The molecule has 1 aromatic rings. The summed E-state index contributed by atoms with van der Waals surface area (Å²) in [6.45, 7) is 0. The van der Waals surface area contributed by atoms with Crippen molar-refractivity contribution in [2.75, 3.05) is 0 Å². The lowest BCUT2D eigenvalue weighted by Gasteiger charge is -2.08. The molecule has 0 saturated heterocycles. The number of pyridine rings is 1. The van der Waals surface area contributed by atoms with E-state index in [2.05, 4.69) is 10.1 Å². The van der Waals surface area contributed by atoms with E-state index in [1.165, 1.54) is 0 Å². The Hall–Kier alpha value is -1.68. The summed E-state index contributed by atoms with van der Waals surface area (Å²) in [5.41, 5.74) is -2.45. The topological polar surface area (TPSA) is 110 Å². The highest BCUT2D eigenvalue weighted by Gasteiger charge is 2.35. The number of primary sulfonamides is 1. The normalized spacial score (nSPS) is 12.5. The van der Waals surface area contributed by atoms with Gasteiger partial charge in [0.25, 0.3) is 10.0 Å². The van der Waals surface area contributed by atoms with Crippen LogP contribution in [0.4, 0.5) is 13.2 Å². The van der Waals surface area contributed by atoms with Gasteiger partial charge in [0, 0.05) is 0 Å². The average molecular weight is 270 g/mol. The van der Waals surface area contributed by atoms with Crippen LogP contribution in [0.2, 0.25) is 0 Å². The molecule has 0 unspecified atom stereocenters. The molecule has 1 rings (SSSR count). The number of halogens is 3. The van der Waals surface area contributed by atoms with E-state index in [-0.39, 0.29) is 0 Å². The Kier molecular flexibility index (Phi) is 3.12. The van der Waals surface area contributed by atoms with Gasteiger partial charge in [0.2, 0.25) is 0 Å². The van der Waals surface area contributed by atoms with Crippen LogP contribution in [-0.2, 0) is 16.2 Å². The van der Waals surface area contributed by atoms with Gasteiger partial charge in [-0.05, 0) is 12.1 Å². The standard InChI is InChI=1S/C7H5F3N2O4S/c8-7(9,10)4-2-1-3(6(13)14)5(12-4)17(11,15)16/h1-2H,(H,13,14)(H2,11,15,16). The lowest BCUT2D eigenvalue weighted by molar-refractivity contribution is -0.141. The van der Waals surface area contributed by atoms with E-state index in [1.807, 2.05) is 0 Å². The maximum Gasteiger partial charge on any atom is 0.433 e. The Labute approximate surface area is 92.9 Å². The van der Waals surface area contributed by atoms with Gasteiger partial charge in [0.15, 0.2) is 5.03 Å². The number of rotatable bonds is 2. The monoisotopic (exact) mass is 270 g/mol. The minimum atomic E-state index is -4.89. The molecule has 0 amide bonds. The molecule has 3 N–H and O–H groups in total. The van der Waals surface area contributed by atoms with Crippen molar-refractivity contribution in [3.05, 3.63) is 23.4 Å². The second-order valence-electron chi connectivity index (χ2n) is 2.90. The van der Waals surface area contributed by atoms with Crippen molar-refractivity contribution in [3.8, 4) is 0 Å². The summed E-state index contributed by atoms with van der Waals surface area (Å²) in [4.78, 5) is 13.3. The Bertz CT molecular complexity index is 567. The zero-order valence-corrected chi connectivity index (χ0v) is 8.71. The number of aromatic nitrogens is 1. The summed E-state index contributed by atoms with van der Waals surface area (Å²) < 4.78 is 58.6. The largest absolute Gasteiger partial charge is 0.478 e. The number of nitrogens with zero attached hydrogens (tertiary/aromatic N) is 1. The van der Waals surface area contributed by atoms with E-state index in [4.69, 9.17) is 5.11 Å². The maximum absolute atomic E-state index is 12.2. The summed E-state index contributed by atoms with van der Waals surface area (Å²) in [7, 11) is -4.65. The molecular formula is C7H5F3N2O4S. The summed E-state index contributed by atoms with van der Waals surface area (Å²) in [6.07, 6.45) is -4.89. The van der Waals surface area contributed by atoms with E-state index < -0.39 is 38.5 Å². The van der Waals surface area contributed by atoms with Crippen molar-refractivity contribution in [3.63, 3.8) is 0 Å². The second-order valence-corrected chi connectivity index (χ2v) is 4.37. The van der Waals surface area contributed by atoms with Crippen LogP contribution in [0, 0.1) is 0 Å². The quantitative estimate of drug-likeness (QED) is 0.810. The number of carboxylic acid groups (broad SMARTS) is 1. The fourth-order valence-corrected chi connectivity index (χ4v) is 1.67. The van der Waals surface area contributed by atoms with Gasteiger partial charge in [-0.1, -0.05) is 0 Å². The van der Waals surface area contributed by atoms with Crippen LogP contribution in [0.25, 0.3) is 0 Å². The van der Waals surface area contributed by atoms with Gasteiger partial charge >= 0.3 is 12.1 Å². The number of carboxylic acids is 1. The van der Waals surface area contributed by atoms with Gasteiger partial charge in [0.05, 0.1) is 5.56 Å². The lowest BCUT2D eigenvalue weighted by atomic mass is 10.2. The molecule has 0 saturated carbocycles. The Morgan fingerprint density at radius 3 is 2.24 bits per heavy atom. The van der Waals surface area contributed by atoms with Crippen LogP contribution in [0.3, 0.4) is 0 Å². The molecule has 0 aliphatic heterocycles. The first-order valence-corrected chi connectivity index (χ1v) is 5.42. The van der Waals surface area contributed by atoms with Gasteiger partial charge in [-0.3, -0.25) is 0 Å². The van der Waals surface area contributed by atoms with Crippen LogP contribution < -0.4 is 5.14 Å². The average Bonchev–Trinajstić information content (AvgIpc) is 2.14. The molecule has 0 atom stereocenters. The zero-order valence-electron chi connectivity index (χ0n) is 7.89. The third-order valence-corrected chi connectivity index (χ3v) is 2.50. The first-order valence-electron chi connectivity index (χ1n) is 3.88. The minimum absolute atomic E-state index is 0.359. The second kappa shape index (κ2) is 3.96. The van der Waals surface area contributed by atoms with E-state index in [9.17, 15) is 26.4 Å². The van der Waals surface area contributed by atoms with E-state index in [0.29, 0.717) is 12.1 Å². The van der Waals surface area contributed by atoms with Gasteiger partial charge in [-0.15, -0.1) is 0 Å². The third-order valence-electron chi connectivity index (χ3n) is 1.65. The predicted octanol–water partition coefficient (Wildman–Crippen LogP) is 0.446. The van der Waals surface area contributed by atoms with E-state index in [1.54, 1.807) is 0 Å². The zero-order chi connectivity index (χ0) is 13.4. The number of hydrogen-bond acceptors (Lipinski definition) is 4. The molecule has 1 heterocycles. The Morgan fingerprint density at radius 2 is 1.88 bits per heavy atom. The minimum Gasteiger partial charge on any atom is -0.478 e. The van der Waals surface area contributed by atoms with Crippen LogP contribution in [0.5, 0.6) is 0 Å². The molecule has 6 nitrogen and oxygen atoms in total. The summed E-state index contributed by atoms with van der Waals surface area (Å²) in [6, 6.07) is 0.843. The highest BCUT2D eigenvalue weighted by Crippen LogP contribution is 2.29. The fourth-order valence-electron chi connectivity index (χ4n) is 0.978. The molecule has 0 aromatic carbocycles. The van der Waals surface area contributed by atoms with Crippen molar-refractivity contribution in [1.29, 1.82) is 0 Å². The number of sulfonamides is 1. The van der Waals surface area contributed by atoms with Crippen molar-refractivity contribution >= 4 is 16.0 Å². The van der Waals surface area contributed by atoms with E-state index in [0.717, 1.165) is 0 Å². The van der Waals surface area contributed by atoms with Gasteiger partial charge < -0.3 is 5.11 Å². The highest BCUT2D eigenvalue weighted by atomic mass is 32.2. The smallest absolute Gasteiger partial charge is 0.433 e. The molecule has 0 radical (unpaired) electrons. The number of carbonyl (C=O) groups is 1. The molecule has 0 fully saturated rings. The number of aromatic carboxylic acids is 1. The SMILES string of the molecule is NS(=O)(=O)c1nc(C(F)(F)F)ccc1C(=O)O. The fraction of sp³-hybridized carbons (Fsp3) is 0.143. The lowest BCUT2D eigenvalue weighted by Crippen LogP contribution is -2.21. The number of alkyl halides is 3. The maximum atomic E-state index is 12.2. The molecule has 1 aromatic heterocycles. The predicted molar refractivity (Wildman–Crippen MR) is 47.6 cm³/mol. The molecule has 94 valence electrons. The number of nitrogens with two attached hydrogens (primary N) is 1. The Morgan fingerprint density at radius 1 is 1.35 bits per heavy atom. The van der Waals surface area contributed by atoms with Crippen molar-refractivity contribution in [2.45, 2.75) is 11.2 Å². The van der Waals surface area contributed by atoms with Crippen molar-refractivity contribution < 1.29 is 31.5 Å². The molecule has 10 heteroatoms. The van der Waals surface area contributed by atoms with Gasteiger partial charge in [0.1, 0.15) is 5.69 Å². The van der Waals surface area contributed by atoms with Gasteiger partial charge in [-0.2, -0.15) is 13.2 Å². The molecular weight excluding hydrogens is 265 g/mol. The summed E-state index contributed by atoms with van der Waals surface area (Å²) >= 11 is 0. The highest BCUT2D eigenvalue weighted by molar-refractivity contribution is 7.89. The molecule has 0 spiro atoms. The first-order chi connectivity index (χ1) is 7.53. The van der Waals surface area contributed by atoms with Crippen LogP contribution >= 0.6 is 0 Å². The number of hydrogen-bond donors (Lipinski definition) is 2. The molecule has 0 bridgehead atoms. The van der Waals surface area contributed by atoms with E-state index >= 15 is 0 Å². The Balaban J connectivity index is 3.57. The van der Waals surface area contributed by atoms with Gasteiger partial charge in [-0.25, -0.2) is 23.3 Å². The summed E-state index contributed by atoms with van der Waals surface area (Å²) in [5, 5.41) is 11.8. The van der Waals surface area contributed by atoms with Crippen molar-refractivity contribution in [2.24, 2.45) is 5.14 Å². The molecule has 17 heavy (non-hydrogen) atoms. The molecule has 0 aliphatic carbocycles. The third kappa shape index (κ3) is 2.91.